The van der Waals surface area contributed by atoms with Crippen LogP contribution in [0.15, 0.2) is 11.8 Å². The van der Waals surface area contributed by atoms with Crippen molar-refractivity contribution in [3.05, 3.63) is 11.8 Å². The van der Waals surface area contributed by atoms with E-state index in [2.05, 4.69) is 33.8 Å². The topological polar surface area (TPSA) is 27.7 Å². The lowest BCUT2D eigenvalue weighted by Crippen LogP contribution is -2.27. The first-order valence-corrected chi connectivity index (χ1v) is 11.1. The van der Waals surface area contributed by atoms with Gasteiger partial charge < -0.3 is 14.2 Å². The van der Waals surface area contributed by atoms with E-state index in [9.17, 15) is 0 Å². The zero-order valence-corrected chi connectivity index (χ0v) is 17.5. The van der Waals surface area contributed by atoms with Gasteiger partial charge in [0.1, 0.15) is 0 Å². The Hall–Kier alpha value is -0.540. The van der Waals surface area contributed by atoms with Crippen LogP contribution in [0.4, 0.5) is 0 Å². The highest BCUT2D eigenvalue weighted by atomic mass is 16.7. The quantitative estimate of drug-likeness (QED) is 0.488. The molecule has 3 rings (SSSR count). The van der Waals surface area contributed by atoms with Gasteiger partial charge in [0.05, 0.1) is 18.5 Å². The van der Waals surface area contributed by atoms with E-state index in [0.717, 1.165) is 26.1 Å². The molecule has 0 bridgehead atoms. The van der Waals surface area contributed by atoms with Gasteiger partial charge in [-0.05, 0) is 61.9 Å². The largest absolute Gasteiger partial charge is 0.469 e. The summed E-state index contributed by atoms with van der Waals surface area (Å²) in [6.07, 6.45) is 13.6. The van der Waals surface area contributed by atoms with E-state index >= 15 is 0 Å². The van der Waals surface area contributed by atoms with Gasteiger partial charge in [-0.2, -0.15) is 0 Å². The van der Waals surface area contributed by atoms with Gasteiger partial charge in [0, 0.05) is 18.9 Å². The van der Waals surface area contributed by atoms with E-state index in [1.54, 1.807) is 0 Å². The number of ether oxygens (including phenoxy) is 3. The molecule has 5 atom stereocenters. The Labute approximate surface area is 160 Å². The molecule has 0 radical (unpaired) electrons. The SMILES string of the molecule is CCCCC(C)(C)CC=C(OC1CCCCO1)[C@@H]1[C@H]2CCO[C@@H]2C[C@H]1C. The molecule has 3 nitrogen and oxygen atoms in total. The third-order valence-corrected chi connectivity index (χ3v) is 6.74. The van der Waals surface area contributed by atoms with Crippen LogP contribution in [0, 0.1) is 23.2 Å². The molecule has 2 aliphatic heterocycles. The maximum Gasteiger partial charge on any atom is 0.199 e. The molecule has 2 saturated heterocycles. The van der Waals surface area contributed by atoms with Gasteiger partial charge in [0.2, 0.25) is 0 Å². The van der Waals surface area contributed by atoms with Crippen molar-refractivity contribution in [3.63, 3.8) is 0 Å². The summed E-state index contributed by atoms with van der Waals surface area (Å²) in [6, 6.07) is 0. The van der Waals surface area contributed by atoms with Gasteiger partial charge in [-0.1, -0.05) is 40.5 Å². The Morgan fingerprint density at radius 1 is 1.15 bits per heavy atom. The molecule has 3 aliphatic rings. The third-order valence-electron chi connectivity index (χ3n) is 6.74. The summed E-state index contributed by atoms with van der Waals surface area (Å²) in [5.74, 6) is 3.00. The molecule has 26 heavy (non-hydrogen) atoms. The Kier molecular flexibility index (Phi) is 7.07. The Morgan fingerprint density at radius 2 is 2.00 bits per heavy atom. The second-order valence-electron chi connectivity index (χ2n) is 9.59. The fraction of sp³-hybridized carbons (Fsp3) is 0.913. The summed E-state index contributed by atoms with van der Waals surface area (Å²) < 4.78 is 18.5. The van der Waals surface area contributed by atoms with E-state index in [4.69, 9.17) is 14.2 Å². The van der Waals surface area contributed by atoms with Crippen molar-refractivity contribution < 1.29 is 14.2 Å². The predicted octanol–water partition coefficient (Wildman–Crippen LogP) is 6.08. The highest BCUT2D eigenvalue weighted by Gasteiger charge is 2.47. The van der Waals surface area contributed by atoms with Crippen LogP contribution in [0.25, 0.3) is 0 Å². The molecular weight excluding hydrogens is 324 g/mol. The first-order valence-electron chi connectivity index (χ1n) is 11.1. The van der Waals surface area contributed by atoms with Crippen molar-refractivity contribution >= 4 is 0 Å². The van der Waals surface area contributed by atoms with Crippen LogP contribution in [0.1, 0.15) is 85.5 Å². The molecule has 3 fully saturated rings. The van der Waals surface area contributed by atoms with Crippen LogP contribution in [0.5, 0.6) is 0 Å². The van der Waals surface area contributed by atoms with Crippen LogP contribution in [0.3, 0.4) is 0 Å². The average Bonchev–Trinajstić information content (AvgIpc) is 3.18. The molecule has 1 unspecified atom stereocenters. The summed E-state index contributed by atoms with van der Waals surface area (Å²) in [6.45, 7) is 11.2. The van der Waals surface area contributed by atoms with E-state index in [1.807, 2.05) is 0 Å². The van der Waals surface area contributed by atoms with Crippen molar-refractivity contribution in [2.75, 3.05) is 13.2 Å². The zero-order chi connectivity index (χ0) is 18.6. The normalized spacial score (nSPS) is 35.5. The minimum atomic E-state index is -0.0395. The van der Waals surface area contributed by atoms with Crippen LogP contribution in [-0.4, -0.2) is 25.6 Å². The monoisotopic (exact) mass is 364 g/mol. The number of hydrogen-bond donors (Lipinski definition) is 0. The highest BCUT2D eigenvalue weighted by Crippen LogP contribution is 2.48. The van der Waals surface area contributed by atoms with Gasteiger partial charge in [0.15, 0.2) is 6.29 Å². The van der Waals surface area contributed by atoms with Crippen molar-refractivity contribution in [1.29, 1.82) is 0 Å². The first kappa shape index (κ1) is 20.2. The van der Waals surface area contributed by atoms with Crippen molar-refractivity contribution in [2.24, 2.45) is 23.2 Å². The molecule has 0 N–H and O–H groups in total. The molecule has 150 valence electrons. The second kappa shape index (κ2) is 9.10. The van der Waals surface area contributed by atoms with E-state index in [0.29, 0.717) is 29.3 Å². The lowest BCUT2D eigenvalue weighted by Gasteiger charge is -2.31. The van der Waals surface area contributed by atoms with Crippen LogP contribution < -0.4 is 0 Å². The summed E-state index contributed by atoms with van der Waals surface area (Å²) in [5, 5.41) is 0. The minimum Gasteiger partial charge on any atom is -0.469 e. The van der Waals surface area contributed by atoms with Gasteiger partial charge in [0.25, 0.3) is 0 Å². The Morgan fingerprint density at radius 3 is 2.73 bits per heavy atom. The highest BCUT2D eigenvalue weighted by molar-refractivity contribution is 5.10. The standard InChI is InChI=1S/C23H40O3/c1-5-6-12-23(3,4)13-10-19(26-21-9-7-8-14-25-21)22-17(2)16-20-18(22)11-15-24-20/h10,17-18,20-22H,5-9,11-16H2,1-4H3/t17-,18+,20-,21?,22+/m1/s1. The van der Waals surface area contributed by atoms with E-state index in [-0.39, 0.29) is 6.29 Å². The van der Waals surface area contributed by atoms with Crippen LogP contribution in [-0.2, 0) is 14.2 Å². The number of rotatable bonds is 8. The van der Waals surface area contributed by atoms with E-state index < -0.39 is 0 Å². The average molecular weight is 365 g/mol. The van der Waals surface area contributed by atoms with Gasteiger partial charge >= 0.3 is 0 Å². The van der Waals surface area contributed by atoms with Gasteiger partial charge in [-0.3, -0.25) is 0 Å². The molecule has 0 aromatic carbocycles. The van der Waals surface area contributed by atoms with E-state index in [1.165, 1.54) is 50.7 Å². The number of allylic oxidation sites excluding steroid dienone is 2. The zero-order valence-electron chi connectivity index (χ0n) is 17.5. The summed E-state index contributed by atoms with van der Waals surface area (Å²) in [4.78, 5) is 0. The molecule has 3 heteroatoms. The van der Waals surface area contributed by atoms with Crippen molar-refractivity contribution in [2.45, 2.75) is 97.9 Å². The van der Waals surface area contributed by atoms with Gasteiger partial charge in [-0.25, -0.2) is 0 Å². The van der Waals surface area contributed by atoms with Crippen molar-refractivity contribution in [1.82, 2.24) is 0 Å². The summed E-state index contributed by atoms with van der Waals surface area (Å²) >= 11 is 0. The molecule has 0 aromatic rings. The molecular formula is C23H40O3. The third kappa shape index (κ3) is 5.04. The van der Waals surface area contributed by atoms with Crippen molar-refractivity contribution in [3.8, 4) is 0 Å². The molecule has 0 amide bonds. The molecule has 0 aromatic heterocycles. The number of fused-ring (bicyclic) bond motifs is 1. The van der Waals surface area contributed by atoms with Crippen LogP contribution >= 0.6 is 0 Å². The van der Waals surface area contributed by atoms with Crippen LogP contribution in [0.2, 0.25) is 0 Å². The molecule has 2 heterocycles. The lowest BCUT2D eigenvalue weighted by molar-refractivity contribution is -0.146. The fourth-order valence-electron chi connectivity index (χ4n) is 5.10. The maximum absolute atomic E-state index is 6.54. The predicted molar refractivity (Wildman–Crippen MR) is 106 cm³/mol. The summed E-state index contributed by atoms with van der Waals surface area (Å²) in [7, 11) is 0. The molecule has 1 saturated carbocycles. The number of unbranched alkanes of at least 4 members (excludes halogenated alkanes) is 1. The second-order valence-corrected chi connectivity index (χ2v) is 9.59. The Bertz CT molecular complexity index is 464. The number of hydrogen-bond acceptors (Lipinski definition) is 3. The smallest absolute Gasteiger partial charge is 0.199 e. The maximum atomic E-state index is 6.54. The lowest BCUT2D eigenvalue weighted by atomic mass is 9.81. The van der Waals surface area contributed by atoms with Gasteiger partial charge in [-0.15, -0.1) is 0 Å². The minimum absolute atomic E-state index is 0.0395. The molecule has 0 spiro atoms. The summed E-state index contributed by atoms with van der Waals surface area (Å²) in [5.41, 5.74) is 0.339. The molecule has 1 aliphatic carbocycles. The fourth-order valence-corrected chi connectivity index (χ4v) is 5.10. The first-order chi connectivity index (χ1) is 12.5. The Balaban J connectivity index is 1.73.